The lowest BCUT2D eigenvalue weighted by Crippen LogP contribution is -1.98. The molecule has 1 nitrogen and oxygen atoms in total. The predicted octanol–water partition coefficient (Wildman–Crippen LogP) is 3.84. The Morgan fingerprint density at radius 3 is 2.73 bits per heavy atom. The van der Waals surface area contributed by atoms with Crippen molar-refractivity contribution in [1.82, 2.24) is 0 Å². The molecule has 1 aromatic carbocycles. The van der Waals surface area contributed by atoms with Gasteiger partial charge in [0.05, 0.1) is 0 Å². The monoisotopic (exact) mass is 237 g/mol. The minimum Gasteiger partial charge on any atom is -0.326 e. The van der Waals surface area contributed by atoms with Crippen LogP contribution in [-0.4, -0.2) is 0 Å². The number of hydrogen-bond donors (Lipinski definition) is 1. The summed E-state index contributed by atoms with van der Waals surface area (Å²) >= 11 is 7.68. The van der Waals surface area contributed by atoms with E-state index in [9.17, 15) is 0 Å². The molecule has 2 N–H and O–H groups in total. The van der Waals surface area contributed by atoms with E-state index < -0.39 is 0 Å². The molecule has 3 heteroatoms. The SMILES string of the molecule is Cc1cc(-c2ccc(Cl)cc2CN)cs1. The largest absolute Gasteiger partial charge is 0.326 e. The molecule has 0 aliphatic heterocycles. The number of rotatable bonds is 2. The second kappa shape index (κ2) is 4.35. The van der Waals surface area contributed by atoms with Gasteiger partial charge in [0.15, 0.2) is 0 Å². The molecule has 0 unspecified atom stereocenters. The van der Waals surface area contributed by atoms with E-state index in [1.54, 1.807) is 11.3 Å². The first-order valence-corrected chi connectivity index (χ1v) is 6.00. The number of nitrogens with two attached hydrogens (primary N) is 1. The molecule has 1 heterocycles. The van der Waals surface area contributed by atoms with Crippen LogP contribution < -0.4 is 5.73 Å². The standard InChI is InChI=1S/C12H12ClNS/c1-8-4-10(7-15-8)12-3-2-11(13)5-9(12)6-14/h2-5,7H,6,14H2,1H3. The summed E-state index contributed by atoms with van der Waals surface area (Å²) in [6.07, 6.45) is 0. The smallest absolute Gasteiger partial charge is 0.0409 e. The Labute approximate surface area is 98.5 Å². The molecule has 2 rings (SSSR count). The van der Waals surface area contributed by atoms with Gasteiger partial charge >= 0.3 is 0 Å². The molecule has 0 saturated carbocycles. The summed E-state index contributed by atoms with van der Waals surface area (Å²) in [6, 6.07) is 8.05. The van der Waals surface area contributed by atoms with Gasteiger partial charge in [-0.1, -0.05) is 17.7 Å². The highest BCUT2D eigenvalue weighted by molar-refractivity contribution is 7.10. The highest BCUT2D eigenvalue weighted by Gasteiger charge is 2.05. The highest BCUT2D eigenvalue weighted by Crippen LogP contribution is 2.29. The van der Waals surface area contributed by atoms with Crippen molar-refractivity contribution in [2.45, 2.75) is 13.5 Å². The van der Waals surface area contributed by atoms with Gasteiger partial charge in [0.25, 0.3) is 0 Å². The fraction of sp³-hybridized carbons (Fsp3) is 0.167. The molecular formula is C12H12ClNS. The van der Waals surface area contributed by atoms with Crippen LogP contribution in [0, 0.1) is 6.92 Å². The molecule has 0 radical (unpaired) electrons. The van der Waals surface area contributed by atoms with Gasteiger partial charge in [0, 0.05) is 16.4 Å². The van der Waals surface area contributed by atoms with Gasteiger partial charge in [-0.15, -0.1) is 11.3 Å². The Balaban J connectivity index is 2.52. The molecule has 78 valence electrons. The van der Waals surface area contributed by atoms with Crippen molar-refractivity contribution in [2.24, 2.45) is 5.73 Å². The van der Waals surface area contributed by atoms with E-state index in [1.807, 2.05) is 18.2 Å². The number of aryl methyl sites for hydroxylation is 1. The minimum absolute atomic E-state index is 0.519. The van der Waals surface area contributed by atoms with Crippen molar-refractivity contribution in [1.29, 1.82) is 0 Å². The summed E-state index contributed by atoms with van der Waals surface area (Å²) in [4.78, 5) is 1.31. The summed E-state index contributed by atoms with van der Waals surface area (Å²) in [5.74, 6) is 0. The third-order valence-electron chi connectivity index (χ3n) is 2.33. The first kappa shape index (κ1) is 10.7. The molecule has 0 aliphatic carbocycles. The first-order valence-electron chi connectivity index (χ1n) is 4.74. The number of benzene rings is 1. The molecular weight excluding hydrogens is 226 g/mol. The summed E-state index contributed by atoms with van der Waals surface area (Å²) in [5, 5.41) is 2.89. The van der Waals surface area contributed by atoms with Gasteiger partial charge in [0.2, 0.25) is 0 Å². The zero-order chi connectivity index (χ0) is 10.8. The normalized spacial score (nSPS) is 10.6. The third kappa shape index (κ3) is 2.23. The Morgan fingerprint density at radius 2 is 2.13 bits per heavy atom. The molecule has 0 atom stereocenters. The summed E-state index contributed by atoms with van der Waals surface area (Å²) in [5.41, 5.74) is 9.22. The van der Waals surface area contributed by atoms with Crippen LogP contribution in [0.2, 0.25) is 5.02 Å². The fourth-order valence-corrected chi connectivity index (χ4v) is 2.50. The van der Waals surface area contributed by atoms with Crippen molar-refractivity contribution in [3.63, 3.8) is 0 Å². The van der Waals surface area contributed by atoms with E-state index in [0.29, 0.717) is 6.54 Å². The molecule has 1 aromatic heterocycles. The molecule has 0 bridgehead atoms. The zero-order valence-corrected chi connectivity index (χ0v) is 10.0. The lowest BCUT2D eigenvalue weighted by molar-refractivity contribution is 1.07. The average molecular weight is 238 g/mol. The summed E-state index contributed by atoms with van der Waals surface area (Å²) in [6.45, 7) is 2.62. The predicted molar refractivity (Wildman–Crippen MR) is 67.4 cm³/mol. The Kier molecular flexibility index (Phi) is 3.10. The van der Waals surface area contributed by atoms with Crippen LogP contribution in [0.3, 0.4) is 0 Å². The number of thiophene rings is 1. The van der Waals surface area contributed by atoms with E-state index in [2.05, 4.69) is 18.4 Å². The molecule has 2 aromatic rings. The van der Waals surface area contributed by atoms with Crippen LogP contribution in [0.5, 0.6) is 0 Å². The van der Waals surface area contributed by atoms with E-state index >= 15 is 0 Å². The average Bonchev–Trinajstić information content (AvgIpc) is 2.64. The molecule has 0 aliphatic rings. The van der Waals surface area contributed by atoms with Crippen LogP contribution in [0.15, 0.2) is 29.6 Å². The van der Waals surface area contributed by atoms with E-state index in [4.69, 9.17) is 17.3 Å². The summed E-state index contributed by atoms with van der Waals surface area (Å²) < 4.78 is 0. The van der Waals surface area contributed by atoms with E-state index in [-0.39, 0.29) is 0 Å². The fourth-order valence-electron chi connectivity index (χ4n) is 1.60. The maximum absolute atomic E-state index is 5.94. The van der Waals surface area contributed by atoms with Crippen LogP contribution in [0.1, 0.15) is 10.4 Å². The minimum atomic E-state index is 0.519. The Morgan fingerprint density at radius 1 is 1.33 bits per heavy atom. The number of halogens is 1. The van der Waals surface area contributed by atoms with Gasteiger partial charge in [0.1, 0.15) is 0 Å². The van der Waals surface area contributed by atoms with Crippen molar-refractivity contribution in [3.8, 4) is 11.1 Å². The molecule has 15 heavy (non-hydrogen) atoms. The molecule has 0 spiro atoms. The van der Waals surface area contributed by atoms with Crippen molar-refractivity contribution < 1.29 is 0 Å². The van der Waals surface area contributed by atoms with E-state index in [0.717, 1.165) is 10.6 Å². The van der Waals surface area contributed by atoms with E-state index in [1.165, 1.54) is 16.0 Å². The Hall–Kier alpha value is -0.830. The zero-order valence-electron chi connectivity index (χ0n) is 8.46. The van der Waals surface area contributed by atoms with Crippen molar-refractivity contribution >= 4 is 22.9 Å². The van der Waals surface area contributed by atoms with Crippen LogP contribution in [0.25, 0.3) is 11.1 Å². The molecule has 0 amide bonds. The van der Waals surface area contributed by atoms with Crippen molar-refractivity contribution in [3.05, 3.63) is 45.1 Å². The maximum Gasteiger partial charge on any atom is 0.0409 e. The lowest BCUT2D eigenvalue weighted by Gasteiger charge is -2.06. The maximum atomic E-state index is 5.94. The second-order valence-electron chi connectivity index (χ2n) is 3.45. The number of hydrogen-bond acceptors (Lipinski definition) is 2. The van der Waals surface area contributed by atoms with Crippen LogP contribution in [-0.2, 0) is 6.54 Å². The second-order valence-corrected chi connectivity index (χ2v) is 5.00. The van der Waals surface area contributed by atoms with Gasteiger partial charge in [-0.25, -0.2) is 0 Å². The van der Waals surface area contributed by atoms with Gasteiger partial charge < -0.3 is 5.73 Å². The topological polar surface area (TPSA) is 26.0 Å². The Bertz CT molecular complexity index is 476. The highest BCUT2D eigenvalue weighted by atomic mass is 35.5. The molecule has 0 saturated heterocycles. The van der Waals surface area contributed by atoms with Gasteiger partial charge in [-0.05, 0) is 47.2 Å². The quantitative estimate of drug-likeness (QED) is 0.844. The van der Waals surface area contributed by atoms with Gasteiger partial charge in [-0.3, -0.25) is 0 Å². The summed E-state index contributed by atoms with van der Waals surface area (Å²) in [7, 11) is 0. The van der Waals surface area contributed by atoms with Crippen LogP contribution in [0.4, 0.5) is 0 Å². The third-order valence-corrected chi connectivity index (χ3v) is 3.43. The van der Waals surface area contributed by atoms with Gasteiger partial charge in [-0.2, -0.15) is 0 Å². The molecule has 0 fully saturated rings. The van der Waals surface area contributed by atoms with Crippen molar-refractivity contribution in [2.75, 3.05) is 0 Å². The first-order chi connectivity index (χ1) is 7.20. The van der Waals surface area contributed by atoms with Crippen LogP contribution >= 0.6 is 22.9 Å². The lowest BCUT2D eigenvalue weighted by atomic mass is 10.0.